The first-order chi connectivity index (χ1) is 15.3. The summed E-state index contributed by atoms with van der Waals surface area (Å²) in [4.78, 5) is 56.0. The standard InChI is InChI=1S/C23H23BrN2O6/c1-4-31-20(28)17-18(21(29)32-5-2)25-12-8-10-15(24)19(25)23(17)14-9-6-7-11-16(14)26(13(3)27)22(23)30/h6-12,17-19H,4-5H2,1-3H3/t17-,18-,19+,23-/m1/s1. The zero-order valence-electron chi connectivity index (χ0n) is 17.9. The van der Waals surface area contributed by atoms with Crippen molar-refractivity contribution in [3.8, 4) is 0 Å². The number of rotatable bonds is 4. The molecule has 3 heterocycles. The fraction of sp³-hybridized carbons (Fsp3) is 0.391. The largest absolute Gasteiger partial charge is 0.466 e. The van der Waals surface area contributed by atoms with Gasteiger partial charge in [0.25, 0.3) is 0 Å². The van der Waals surface area contributed by atoms with Crippen LogP contribution >= 0.6 is 15.9 Å². The summed E-state index contributed by atoms with van der Waals surface area (Å²) in [5.74, 6) is -3.59. The van der Waals surface area contributed by atoms with E-state index < -0.39 is 47.2 Å². The van der Waals surface area contributed by atoms with Gasteiger partial charge in [0.05, 0.1) is 24.9 Å². The molecule has 0 bridgehead atoms. The Balaban J connectivity index is 2.06. The quantitative estimate of drug-likeness (QED) is 0.583. The number of fused-ring (bicyclic) bond motifs is 4. The molecule has 0 unspecified atom stereocenters. The maximum absolute atomic E-state index is 14.1. The maximum Gasteiger partial charge on any atom is 0.329 e. The van der Waals surface area contributed by atoms with Crippen LogP contribution in [0.25, 0.3) is 0 Å². The monoisotopic (exact) mass is 502 g/mol. The van der Waals surface area contributed by atoms with Gasteiger partial charge in [-0.15, -0.1) is 0 Å². The molecule has 8 nitrogen and oxygen atoms in total. The smallest absolute Gasteiger partial charge is 0.329 e. The number of allylic oxidation sites excluding steroid dienone is 2. The van der Waals surface area contributed by atoms with Crippen LogP contribution in [0.4, 0.5) is 5.69 Å². The highest BCUT2D eigenvalue weighted by molar-refractivity contribution is 9.11. The number of carbonyl (C=O) groups is 4. The summed E-state index contributed by atoms with van der Waals surface area (Å²) in [6, 6.07) is 5.02. The lowest BCUT2D eigenvalue weighted by atomic mass is 9.67. The fourth-order valence-electron chi connectivity index (χ4n) is 5.19. The molecule has 0 aromatic heterocycles. The zero-order valence-corrected chi connectivity index (χ0v) is 19.5. The summed E-state index contributed by atoms with van der Waals surface area (Å²) >= 11 is 3.56. The lowest BCUT2D eigenvalue weighted by Crippen LogP contribution is -2.55. The van der Waals surface area contributed by atoms with Crippen LogP contribution in [-0.4, -0.2) is 54.0 Å². The van der Waals surface area contributed by atoms with Crippen LogP contribution in [0.3, 0.4) is 0 Å². The Morgan fingerprint density at radius 3 is 2.41 bits per heavy atom. The first-order valence-electron chi connectivity index (χ1n) is 10.4. The Morgan fingerprint density at radius 2 is 1.75 bits per heavy atom. The number of amides is 2. The Kier molecular flexibility index (Phi) is 5.70. The first-order valence-corrected chi connectivity index (χ1v) is 11.2. The third kappa shape index (κ3) is 2.87. The molecule has 32 heavy (non-hydrogen) atoms. The van der Waals surface area contributed by atoms with Crippen molar-refractivity contribution < 1.29 is 28.7 Å². The van der Waals surface area contributed by atoms with E-state index in [-0.39, 0.29) is 13.2 Å². The molecule has 3 aliphatic rings. The van der Waals surface area contributed by atoms with Crippen LogP contribution in [-0.2, 0) is 34.1 Å². The number of esters is 2. The van der Waals surface area contributed by atoms with Gasteiger partial charge in [0.15, 0.2) is 0 Å². The predicted molar refractivity (Wildman–Crippen MR) is 119 cm³/mol. The molecule has 0 aliphatic carbocycles. The van der Waals surface area contributed by atoms with Gasteiger partial charge >= 0.3 is 11.9 Å². The van der Waals surface area contributed by atoms with E-state index in [9.17, 15) is 19.2 Å². The number of imide groups is 1. The second-order valence-electron chi connectivity index (χ2n) is 7.72. The highest BCUT2D eigenvalue weighted by Crippen LogP contribution is 2.59. The summed E-state index contributed by atoms with van der Waals surface area (Å²) in [7, 11) is 0. The molecule has 0 N–H and O–H groups in total. The summed E-state index contributed by atoms with van der Waals surface area (Å²) in [6.45, 7) is 4.82. The Bertz CT molecular complexity index is 1070. The van der Waals surface area contributed by atoms with Crippen LogP contribution in [0.5, 0.6) is 0 Å². The van der Waals surface area contributed by atoms with Crippen molar-refractivity contribution in [1.82, 2.24) is 4.90 Å². The van der Waals surface area contributed by atoms with E-state index in [1.54, 1.807) is 61.4 Å². The summed E-state index contributed by atoms with van der Waals surface area (Å²) < 4.78 is 11.3. The zero-order chi connectivity index (χ0) is 23.2. The van der Waals surface area contributed by atoms with Crippen LogP contribution < -0.4 is 4.90 Å². The second kappa shape index (κ2) is 8.20. The van der Waals surface area contributed by atoms with Gasteiger partial charge < -0.3 is 14.4 Å². The van der Waals surface area contributed by atoms with Gasteiger partial charge in [0.2, 0.25) is 11.8 Å². The van der Waals surface area contributed by atoms with E-state index in [1.165, 1.54) is 6.92 Å². The molecule has 4 rings (SSSR count). The van der Waals surface area contributed by atoms with Crippen molar-refractivity contribution in [2.45, 2.75) is 38.3 Å². The third-order valence-electron chi connectivity index (χ3n) is 6.16. The van der Waals surface area contributed by atoms with Crippen LogP contribution in [0.2, 0.25) is 0 Å². The van der Waals surface area contributed by atoms with E-state index in [2.05, 4.69) is 15.9 Å². The van der Waals surface area contributed by atoms with Gasteiger partial charge in [-0.25, -0.2) is 9.69 Å². The number of benzene rings is 1. The molecular formula is C23H23BrN2O6. The van der Waals surface area contributed by atoms with Gasteiger partial charge in [-0.05, 0) is 37.6 Å². The van der Waals surface area contributed by atoms with Crippen molar-refractivity contribution in [1.29, 1.82) is 0 Å². The van der Waals surface area contributed by atoms with Crippen LogP contribution in [0.1, 0.15) is 26.3 Å². The summed E-state index contributed by atoms with van der Waals surface area (Å²) in [6.07, 6.45) is 5.16. The number of anilines is 1. The number of carbonyl (C=O) groups excluding carboxylic acids is 4. The molecule has 1 saturated heterocycles. The van der Waals surface area contributed by atoms with Crippen molar-refractivity contribution in [3.63, 3.8) is 0 Å². The van der Waals surface area contributed by atoms with E-state index >= 15 is 0 Å². The van der Waals surface area contributed by atoms with Crippen molar-refractivity contribution in [2.75, 3.05) is 18.1 Å². The lowest BCUT2D eigenvalue weighted by Gasteiger charge is -2.36. The number of para-hydroxylation sites is 1. The SMILES string of the molecule is CCOC(=O)[C@H]1[C@H](C(=O)OCC)[C@@]2(C(=O)N(C(C)=O)c3ccccc32)[C@@H]2C(Br)=CC=CN21. The second-order valence-corrected chi connectivity index (χ2v) is 8.63. The predicted octanol–water partition coefficient (Wildman–Crippen LogP) is 2.42. The molecule has 2 amide bonds. The van der Waals surface area contributed by atoms with E-state index in [0.29, 0.717) is 15.7 Å². The lowest BCUT2D eigenvalue weighted by molar-refractivity contribution is -0.160. The van der Waals surface area contributed by atoms with Gasteiger partial charge in [-0.1, -0.05) is 34.1 Å². The number of nitrogens with zero attached hydrogens (tertiary/aromatic N) is 2. The molecule has 1 fully saturated rings. The molecule has 4 atom stereocenters. The van der Waals surface area contributed by atoms with Crippen molar-refractivity contribution in [2.24, 2.45) is 5.92 Å². The maximum atomic E-state index is 14.1. The normalized spacial score (nSPS) is 27.8. The highest BCUT2D eigenvalue weighted by atomic mass is 79.9. The van der Waals surface area contributed by atoms with E-state index in [0.717, 1.165) is 4.90 Å². The molecule has 3 aliphatic heterocycles. The topological polar surface area (TPSA) is 93.2 Å². The minimum atomic E-state index is -1.56. The van der Waals surface area contributed by atoms with E-state index in [4.69, 9.17) is 9.47 Å². The summed E-state index contributed by atoms with van der Waals surface area (Å²) in [5.41, 5.74) is -0.661. The third-order valence-corrected chi connectivity index (χ3v) is 6.86. The van der Waals surface area contributed by atoms with Gasteiger partial charge in [-0.3, -0.25) is 14.4 Å². The van der Waals surface area contributed by atoms with Crippen LogP contribution in [0, 0.1) is 5.92 Å². The molecule has 1 aromatic rings. The first kappa shape index (κ1) is 22.3. The van der Waals surface area contributed by atoms with Gasteiger partial charge in [-0.2, -0.15) is 0 Å². The van der Waals surface area contributed by atoms with Crippen molar-refractivity contribution >= 4 is 45.4 Å². The number of ether oxygens (including phenoxy) is 2. The highest BCUT2D eigenvalue weighted by Gasteiger charge is 2.73. The molecular weight excluding hydrogens is 480 g/mol. The van der Waals surface area contributed by atoms with Gasteiger partial charge in [0, 0.05) is 17.6 Å². The Labute approximate surface area is 193 Å². The fourth-order valence-corrected chi connectivity index (χ4v) is 5.94. The molecule has 168 valence electrons. The number of hydrogen-bond acceptors (Lipinski definition) is 7. The van der Waals surface area contributed by atoms with Gasteiger partial charge in [0.1, 0.15) is 17.4 Å². The molecule has 1 aromatic carbocycles. The number of halogens is 1. The Morgan fingerprint density at radius 1 is 1.09 bits per heavy atom. The average Bonchev–Trinajstić information content (AvgIpc) is 3.20. The van der Waals surface area contributed by atoms with E-state index in [1.807, 2.05) is 0 Å². The molecule has 0 radical (unpaired) electrons. The molecule has 0 saturated carbocycles. The molecule has 1 spiro atoms. The van der Waals surface area contributed by atoms with Crippen molar-refractivity contribution in [3.05, 3.63) is 52.7 Å². The average molecular weight is 503 g/mol. The van der Waals surface area contributed by atoms with Crippen LogP contribution in [0.15, 0.2) is 47.1 Å². The molecule has 9 heteroatoms. The number of hydrogen-bond donors (Lipinski definition) is 0. The minimum absolute atomic E-state index is 0.0741. The Hall–Kier alpha value is -2.94. The minimum Gasteiger partial charge on any atom is -0.466 e. The summed E-state index contributed by atoms with van der Waals surface area (Å²) in [5, 5.41) is 0.